The number of carbonyl (C=O) groups excluding carboxylic acids is 2. The van der Waals surface area contributed by atoms with Gasteiger partial charge in [0.05, 0.1) is 11.9 Å². The second-order valence-electron chi connectivity index (χ2n) is 1.19. The standard InChI is InChI=1S/2C2H2O4.Mg.Ni/c2*3-1(4)2(5)6;;/h2*(H,3,4)(H,5,6);;/q;;+2;/p-2. The van der Waals surface area contributed by atoms with E-state index in [9.17, 15) is 0 Å². The number of carboxylic acids is 4. The van der Waals surface area contributed by atoms with Crippen LogP contribution in [0.1, 0.15) is 0 Å². The summed E-state index contributed by atoms with van der Waals surface area (Å²) in [5, 5.41) is 32.6. The van der Waals surface area contributed by atoms with E-state index in [1.165, 1.54) is 0 Å². The molecule has 0 radical (unpaired) electrons. The van der Waals surface area contributed by atoms with Crippen LogP contribution in [0, 0.1) is 0 Å². The molecule has 0 aromatic heterocycles. The van der Waals surface area contributed by atoms with Gasteiger partial charge >= 0.3 is 35.0 Å². The normalized spacial score (nSPS) is 6.29. The van der Waals surface area contributed by atoms with Crippen molar-refractivity contribution in [2.75, 3.05) is 0 Å². The number of hydrogen-bond donors (Lipinski definition) is 2. The summed E-state index contributed by atoms with van der Waals surface area (Å²) < 4.78 is 0. The van der Waals surface area contributed by atoms with Crippen LogP contribution >= 0.6 is 0 Å². The predicted molar refractivity (Wildman–Crippen MR) is 31.0 cm³/mol. The summed E-state index contributed by atoms with van der Waals surface area (Å²) in [4.78, 5) is 36.1. The second kappa shape index (κ2) is 12.1. The number of rotatable bonds is 0. The summed E-state index contributed by atoms with van der Waals surface area (Å²) in [7, 11) is 0. The summed E-state index contributed by atoms with van der Waals surface area (Å²) in [5.41, 5.74) is 0. The van der Waals surface area contributed by atoms with Gasteiger partial charge in [-0.25, -0.2) is 9.59 Å². The van der Waals surface area contributed by atoms with Gasteiger partial charge in [-0.05, 0) is 0 Å². The van der Waals surface area contributed by atoms with E-state index in [-0.39, 0.29) is 39.5 Å². The Bertz CT molecular complexity index is 177. The summed E-state index contributed by atoms with van der Waals surface area (Å²) in [6, 6.07) is 0. The van der Waals surface area contributed by atoms with Crippen LogP contribution in [-0.4, -0.2) is 57.1 Å². The molecule has 8 nitrogen and oxygen atoms in total. The first-order valence-electron chi connectivity index (χ1n) is 2.17. The molecule has 0 atom stereocenters. The third-order valence-electron chi connectivity index (χ3n) is 0.350. The molecule has 0 aliphatic rings. The van der Waals surface area contributed by atoms with Crippen molar-refractivity contribution in [1.82, 2.24) is 0 Å². The zero-order chi connectivity index (χ0) is 10.3. The second-order valence-corrected chi connectivity index (χ2v) is 1.19. The van der Waals surface area contributed by atoms with Gasteiger partial charge in [0.15, 0.2) is 0 Å². The monoisotopic (exact) mass is 260 g/mol. The van der Waals surface area contributed by atoms with Crippen LogP contribution < -0.4 is 10.2 Å². The topological polar surface area (TPSA) is 155 Å². The maximum atomic E-state index is 9.10. The minimum absolute atomic E-state index is 0. The van der Waals surface area contributed by atoms with Gasteiger partial charge in [0.25, 0.3) is 0 Å². The molecule has 10 heteroatoms. The van der Waals surface area contributed by atoms with Crippen LogP contribution in [-0.2, 0) is 35.7 Å². The molecular formula is C4H2MgNiO8. The Morgan fingerprint density at radius 1 is 0.786 bits per heavy atom. The Balaban J connectivity index is -0.0000000625. The van der Waals surface area contributed by atoms with E-state index in [2.05, 4.69) is 0 Å². The molecule has 0 heterocycles. The third-order valence-corrected chi connectivity index (χ3v) is 0.350. The number of hydrogen-bond acceptors (Lipinski definition) is 6. The first kappa shape index (κ1) is 23.2. The van der Waals surface area contributed by atoms with Crippen molar-refractivity contribution in [2.45, 2.75) is 0 Å². The Morgan fingerprint density at radius 2 is 0.929 bits per heavy atom. The molecular weight excluding hydrogens is 259 g/mol. The van der Waals surface area contributed by atoms with E-state index in [4.69, 9.17) is 39.6 Å². The van der Waals surface area contributed by atoms with Crippen molar-refractivity contribution in [3.05, 3.63) is 0 Å². The van der Waals surface area contributed by atoms with Crippen molar-refractivity contribution in [3.63, 3.8) is 0 Å². The molecule has 0 aromatic rings. The molecule has 2 N–H and O–H groups in total. The number of carboxylic acid groups (broad SMARTS) is 4. The molecule has 0 aliphatic carbocycles. The molecule has 0 saturated heterocycles. The van der Waals surface area contributed by atoms with Crippen LogP contribution in [0.2, 0.25) is 0 Å². The van der Waals surface area contributed by atoms with Crippen LogP contribution in [0.3, 0.4) is 0 Å². The smallest absolute Gasteiger partial charge is 0.543 e. The van der Waals surface area contributed by atoms with Crippen molar-refractivity contribution in [2.24, 2.45) is 0 Å². The molecule has 0 rings (SSSR count). The van der Waals surface area contributed by atoms with Crippen molar-refractivity contribution in [3.8, 4) is 0 Å². The first-order chi connectivity index (χ1) is 5.29. The minimum Gasteiger partial charge on any atom is -0.543 e. The molecule has 0 spiro atoms. The zero-order valence-electron chi connectivity index (χ0n) is 6.37. The molecule has 0 amide bonds. The predicted octanol–water partition coefficient (Wildman–Crippen LogP) is -4.74. The van der Waals surface area contributed by atoms with Gasteiger partial charge < -0.3 is 30.0 Å². The van der Waals surface area contributed by atoms with Crippen LogP contribution in [0.25, 0.3) is 0 Å². The number of aliphatic carboxylic acids is 4. The molecule has 0 saturated carbocycles. The Kier molecular flexibility index (Phi) is 20.1. The zero-order valence-corrected chi connectivity index (χ0v) is 8.77. The maximum absolute atomic E-state index is 9.10. The minimum atomic E-state index is -2.19. The van der Waals surface area contributed by atoms with E-state index in [1.807, 2.05) is 0 Å². The van der Waals surface area contributed by atoms with Crippen molar-refractivity contribution in [1.29, 1.82) is 0 Å². The molecule has 0 unspecified atom stereocenters. The summed E-state index contributed by atoms with van der Waals surface area (Å²) in [6.07, 6.45) is 0. The molecule has 78 valence electrons. The van der Waals surface area contributed by atoms with E-state index in [0.29, 0.717) is 0 Å². The molecule has 0 aliphatic heterocycles. The first-order valence-corrected chi connectivity index (χ1v) is 2.17. The van der Waals surface area contributed by atoms with E-state index < -0.39 is 23.9 Å². The Labute approximate surface area is 103 Å². The fourth-order valence-corrected chi connectivity index (χ4v) is 0. The molecule has 0 aromatic carbocycles. The van der Waals surface area contributed by atoms with Gasteiger partial charge in [-0.15, -0.1) is 0 Å². The fraction of sp³-hybridized carbons (Fsp3) is 0. The summed E-state index contributed by atoms with van der Waals surface area (Å²) >= 11 is 0. The molecule has 0 fully saturated rings. The van der Waals surface area contributed by atoms with Crippen LogP contribution in [0.4, 0.5) is 0 Å². The average molecular weight is 261 g/mol. The largest absolute Gasteiger partial charge is 2.00 e. The quantitative estimate of drug-likeness (QED) is 0.325. The maximum Gasteiger partial charge on any atom is 2.00 e. The number of carbonyl (C=O) groups is 4. The van der Waals surface area contributed by atoms with Gasteiger partial charge in [-0.3, -0.25) is 0 Å². The van der Waals surface area contributed by atoms with Gasteiger partial charge in [-0.2, -0.15) is 0 Å². The summed E-state index contributed by atoms with van der Waals surface area (Å²) in [6.45, 7) is 0. The Hall–Kier alpha value is -0.860. The van der Waals surface area contributed by atoms with Crippen molar-refractivity contribution < 1.29 is 56.1 Å². The van der Waals surface area contributed by atoms with Gasteiger partial charge in [-0.1, -0.05) is 0 Å². The molecule has 0 bridgehead atoms. The van der Waals surface area contributed by atoms with Gasteiger partial charge in [0, 0.05) is 16.5 Å². The SMILES string of the molecule is O=C(O)C(=O)O.O=C([O-])C(=O)[O-].[Mg+2].[Ni]. The fourth-order valence-electron chi connectivity index (χ4n) is 0. The summed E-state index contributed by atoms with van der Waals surface area (Å²) in [5.74, 6) is -8.02. The van der Waals surface area contributed by atoms with Crippen LogP contribution in [0.15, 0.2) is 0 Å². The van der Waals surface area contributed by atoms with E-state index in [1.54, 1.807) is 0 Å². The van der Waals surface area contributed by atoms with E-state index >= 15 is 0 Å². The van der Waals surface area contributed by atoms with Gasteiger partial charge in [0.1, 0.15) is 0 Å². The Morgan fingerprint density at radius 3 is 0.929 bits per heavy atom. The molecule has 14 heavy (non-hydrogen) atoms. The third kappa shape index (κ3) is 22.5. The van der Waals surface area contributed by atoms with Crippen LogP contribution in [0.5, 0.6) is 0 Å². The van der Waals surface area contributed by atoms with E-state index in [0.717, 1.165) is 0 Å². The average Bonchev–Trinajstić information content (AvgIpc) is 1.88. The van der Waals surface area contributed by atoms with Crippen molar-refractivity contribution >= 4 is 46.9 Å². The van der Waals surface area contributed by atoms with Gasteiger partial charge in [0.2, 0.25) is 0 Å².